The molecule has 8 nitrogen and oxygen atoms in total. The average molecular weight is 390 g/mol. The van der Waals surface area contributed by atoms with E-state index in [0.717, 1.165) is 0 Å². The Morgan fingerprint density at radius 3 is 2.32 bits per heavy atom. The molecule has 1 N–H and O–H groups in total. The first kappa shape index (κ1) is 21.1. The molecule has 0 aliphatic carbocycles. The summed E-state index contributed by atoms with van der Waals surface area (Å²) >= 11 is 0. The zero-order chi connectivity index (χ0) is 20.4. The zero-order valence-electron chi connectivity index (χ0n) is 15.8. The van der Waals surface area contributed by atoms with Gasteiger partial charge in [0, 0.05) is 26.4 Å². The Kier molecular flexibility index (Phi) is 8.13. The van der Waals surface area contributed by atoms with Gasteiger partial charge >= 0.3 is 5.97 Å². The number of carbonyl (C=O) groups excluding carboxylic acids is 1. The molecule has 0 fully saturated rings. The predicted molar refractivity (Wildman–Crippen MR) is 101 cm³/mol. The Bertz CT molecular complexity index is 816. The van der Waals surface area contributed by atoms with Gasteiger partial charge in [0.25, 0.3) is 0 Å². The van der Waals surface area contributed by atoms with Crippen LogP contribution in [0.15, 0.2) is 42.5 Å². The summed E-state index contributed by atoms with van der Waals surface area (Å²) in [5.41, 5.74) is 0.691. The molecule has 150 valence electrons. The molecular formula is C20H22O8. The molecule has 28 heavy (non-hydrogen) atoms. The fourth-order valence-electron chi connectivity index (χ4n) is 2.14. The third kappa shape index (κ3) is 6.19. The number of methoxy groups -OCH3 is 3. The number of rotatable bonds is 10. The van der Waals surface area contributed by atoms with E-state index in [9.17, 15) is 9.90 Å². The first-order chi connectivity index (χ1) is 13.6. The summed E-state index contributed by atoms with van der Waals surface area (Å²) in [4.78, 5) is 12.0. The van der Waals surface area contributed by atoms with Crippen LogP contribution in [0.2, 0.25) is 0 Å². The van der Waals surface area contributed by atoms with Crippen molar-refractivity contribution in [3.05, 3.63) is 48.0 Å². The van der Waals surface area contributed by atoms with Crippen molar-refractivity contribution in [1.29, 1.82) is 0 Å². The molecule has 0 heterocycles. The van der Waals surface area contributed by atoms with Crippen molar-refractivity contribution >= 4 is 12.0 Å². The van der Waals surface area contributed by atoms with Crippen molar-refractivity contribution in [2.75, 3.05) is 34.9 Å². The molecule has 0 amide bonds. The molecule has 0 spiro atoms. The van der Waals surface area contributed by atoms with Crippen LogP contribution < -0.4 is 18.9 Å². The highest BCUT2D eigenvalue weighted by atomic mass is 16.7. The third-order valence-corrected chi connectivity index (χ3v) is 3.41. The molecule has 0 saturated carbocycles. The van der Waals surface area contributed by atoms with Gasteiger partial charge < -0.3 is 33.5 Å². The second-order valence-corrected chi connectivity index (χ2v) is 5.40. The van der Waals surface area contributed by atoms with Gasteiger partial charge in [-0.15, -0.1) is 0 Å². The maximum Gasteiger partial charge on any atom is 0.336 e. The highest BCUT2D eigenvalue weighted by molar-refractivity contribution is 5.88. The van der Waals surface area contributed by atoms with E-state index in [0.29, 0.717) is 17.1 Å². The molecule has 0 aliphatic rings. The normalized spacial score (nSPS) is 10.7. The topological polar surface area (TPSA) is 92.7 Å². The van der Waals surface area contributed by atoms with Gasteiger partial charge in [0.15, 0.2) is 36.6 Å². The SMILES string of the molecule is COCOc1ccc(/C=C/C(=O)Oc2ccc(O)c(OC)c2)cc1OCOC. The van der Waals surface area contributed by atoms with E-state index in [-0.39, 0.29) is 30.8 Å². The summed E-state index contributed by atoms with van der Waals surface area (Å²) in [5.74, 6) is 0.745. The van der Waals surface area contributed by atoms with Crippen LogP contribution in [0.4, 0.5) is 0 Å². The van der Waals surface area contributed by atoms with Gasteiger partial charge in [0.1, 0.15) is 5.75 Å². The Labute approximate surface area is 162 Å². The largest absolute Gasteiger partial charge is 0.504 e. The summed E-state index contributed by atoms with van der Waals surface area (Å²) < 4.78 is 30.9. The van der Waals surface area contributed by atoms with E-state index in [1.54, 1.807) is 24.3 Å². The number of hydrogen-bond acceptors (Lipinski definition) is 8. The van der Waals surface area contributed by atoms with Gasteiger partial charge in [0.05, 0.1) is 7.11 Å². The molecule has 8 heteroatoms. The van der Waals surface area contributed by atoms with E-state index >= 15 is 0 Å². The lowest BCUT2D eigenvalue weighted by Crippen LogP contribution is -2.05. The van der Waals surface area contributed by atoms with Crippen LogP contribution in [0.3, 0.4) is 0 Å². The fourth-order valence-corrected chi connectivity index (χ4v) is 2.14. The van der Waals surface area contributed by atoms with Crippen LogP contribution in [-0.2, 0) is 14.3 Å². The predicted octanol–water partition coefficient (Wildman–Crippen LogP) is 2.99. The molecular weight excluding hydrogens is 368 g/mol. The molecule has 0 aromatic heterocycles. The summed E-state index contributed by atoms with van der Waals surface area (Å²) in [6.07, 6.45) is 2.84. The first-order valence-electron chi connectivity index (χ1n) is 8.21. The second-order valence-electron chi connectivity index (χ2n) is 5.40. The fraction of sp³-hybridized carbons (Fsp3) is 0.250. The highest BCUT2D eigenvalue weighted by Crippen LogP contribution is 2.30. The van der Waals surface area contributed by atoms with E-state index in [1.165, 1.54) is 45.6 Å². The zero-order valence-corrected chi connectivity index (χ0v) is 15.8. The standard InChI is InChI=1S/C20H22O8/c1-23-12-26-17-8-4-14(10-19(17)27-13-24-2)5-9-20(22)28-15-6-7-16(21)18(11-15)25-3/h4-11,21H,12-13H2,1-3H3/b9-5+. The Balaban J connectivity index is 2.08. The van der Waals surface area contributed by atoms with Crippen LogP contribution in [-0.4, -0.2) is 46.0 Å². The summed E-state index contributed by atoms with van der Waals surface area (Å²) in [6.45, 7) is 0.113. The number of phenols is 1. The maximum absolute atomic E-state index is 12.0. The lowest BCUT2D eigenvalue weighted by Gasteiger charge is -2.12. The molecule has 0 bridgehead atoms. The Hall–Kier alpha value is -3.23. The molecule has 2 aromatic carbocycles. The molecule has 0 saturated heterocycles. The first-order valence-corrected chi connectivity index (χ1v) is 8.21. The molecule has 2 aromatic rings. The number of phenolic OH excluding ortho intramolecular Hbond substituents is 1. The van der Waals surface area contributed by atoms with Crippen LogP contribution >= 0.6 is 0 Å². The van der Waals surface area contributed by atoms with Crippen LogP contribution in [0, 0.1) is 0 Å². The van der Waals surface area contributed by atoms with Gasteiger partial charge in [-0.25, -0.2) is 4.79 Å². The summed E-state index contributed by atoms with van der Waals surface area (Å²) in [7, 11) is 4.43. The minimum atomic E-state index is -0.591. The molecule has 2 rings (SSSR count). The van der Waals surface area contributed by atoms with E-state index < -0.39 is 5.97 Å². The van der Waals surface area contributed by atoms with E-state index in [4.69, 9.17) is 28.4 Å². The van der Waals surface area contributed by atoms with Crippen molar-refractivity contribution in [2.24, 2.45) is 0 Å². The number of benzene rings is 2. The number of ether oxygens (including phenoxy) is 6. The number of esters is 1. The number of carbonyl (C=O) groups is 1. The van der Waals surface area contributed by atoms with Crippen molar-refractivity contribution in [3.63, 3.8) is 0 Å². The van der Waals surface area contributed by atoms with E-state index in [1.807, 2.05) is 0 Å². The van der Waals surface area contributed by atoms with Gasteiger partial charge in [-0.1, -0.05) is 6.07 Å². The lowest BCUT2D eigenvalue weighted by molar-refractivity contribution is -0.128. The van der Waals surface area contributed by atoms with Crippen LogP contribution in [0.5, 0.6) is 28.7 Å². The third-order valence-electron chi connectivity index (χ3n) is 3.41. The van der Waals surface area contributed by atoms with Gasteiger partial charge in [-0.2, -0.15) is 0 Å². The molecule has 0 unspecified atom stereocenters. The van der Waals surface area contributed by atoms with Crippen molar-refractivity contribution in [3.8, 4) is 28.7 Å². The van der Waals surface area contributed by atoms with Crippen molar-refractivity contribution < 1.29 is 38.3 Å². The molecule has 0 aliphatic heterocycles. The smallest absolute Gasteiger partial charge is 0.336 e. The van der Waals surface area contributed by atoms with E-state index in [2.05, 4.69) is 0 Å². The highest BCUT2D eigenvalue weighted by Gasteiger charge is 2.08. The Morgan fingerprint density at radius 2 is 1.64 bits per heavy atom. The molecule has 0 radical (unpaired) electrons. The summed E-state index contributed by atoms with van der Waals surface area (Å²) in [5, 5.41) is 9.57. The van der Waals surface area contributed by atoms with Gasteiger partial charge in [-0.3, -0.25) is 0 Å². The van der Waals surface area contributed by atoms with Gasteiger partial charge in [0.2, 0.25) is 0 Å². The minimum Gasteiger partial charge on any atom is -0.504 e. The minimum absolute atomic E-state index is 0.0429. The Morgan fingerprint density at radius 1 is 0.929 bits per heavy atom. The monoisotopic (exact) mass is 390 g/mol. The van der Waals surface area contributed by atoms with Crippen molar-refractivity contribution in [1.82, 2.24) is 0 Å². The van der Waals surface area contributed by atoms with Gasteiger partial charge in [-0.05, 0) is 35.9 Å². The average Bonchev–Trinajstić information content (AvgIpc) is 2.71. The maximum atomic E-state index is 12.0. The quantitative estimate of drug-likeness (QED) is 0.286. The second kappa shape index (κ2) is 10.8. The number of aromatic hydroxyl groups is 1. The van der Waals surface area contributed by atoms with Crippen LogP contribution in [0.1, 0.15) is 5.56 Å². The number of hydrogen-bond donors (Lipinski definition) is 1. The molecule has 0 atom stereocenters. The lowest BCUT2D eigenvalue weighted by atomic mass is 10.2. The summed E-state index contributed by atoms with van der Waals surface area (Å²) in [6, 6.07) is 9.39. The van der Waals surface area contributed by atoms with Crippen LogP contribution in [0.25, 0.3) is 6.08 Å². The van der Waals surface area contributed by atoms with Crippen molar-refractivity contribution in [2.45, 2.75) is 0 Å².